The Morgan fingerprint density at radius 1 is 1.18 bits per heavy atom. The normalized spacial score (nSPS) is 20.9. The molecule has 2 aliphatic heterocycles. The maximum atomic E-state index is 13.1. The molecule has 0 aromatic carbocycles. The second-order valence-electron chi connectivity index (χ2n) is 10.0. The Bertz CT molecular complexity index is 1680. The van der Waals surface area contributed by atoms with Crippen molar-refractivity contribution in [2.24, 2.45) is 0 Å². The number of hydrogen-bond donors (Lipinski definition) is 3. The van der Waals surface area contributed by atoms with Crippen molar-refractivity contribution in [2.45, 2.75) is 48.6 Å². The molecule has 0 aliphatic carbocycles. The second kappa shape index (κ2) is 9.15. The lowest BCUT2D eigenvalue weighted by molar-refractivity contribution is 0.0556. The molecule has 6 heterocycles. The van der Waals surface area contributed by atoms with Crippen molar-refractivity contribution in [3.8, 4) is 11.1 Å². The fraction of sp³-hybridized carbons (Fsp3) is 0.360. The Hall–Kier alpha value is -4.33. The van der Waals surface area contributed by atoms with Crippen LogP contribution in [0.1, 0.15) is 53.6 Å². The molecule has 13 nitrogen and oxygen atoms in total. The van der Waals surface area contributed by atoms with Crippen LogP contribution in [0.2, 0.25) is 0 Å². The van der Waals surface area contributed by atoms with Crippen molar-refractivity contribution >= 4 is 32.9 Å². The van der Waals surface area contributed by atoms with Crippen LogP contribution in [0.3, 0.4) is 0 Å². The third-order valence-corrected chi connectivity index (χ3v) is 8.85. The van der Waals surface area contributed by atoms with E-state index >= 15 is 0 Å². The number of aromatic nitrogens is 7. The van der Waals surface area contributed by atoms with Crippen molar-refractivity contribution in [2.75, 3.05) is 19.0 Å². The van der Waals surface area contributed by atoms with Gasteiger partial charge in [-0.3, -0.25) is 14.9 Å². The summed E-state index contributed by atoms with van der Waals surface area (Å²) in [5, 5.41) is 13.8. The predicted molar refractivity (Wildman–Crippen MR) is 143 cm³/mol. The summed E-state index contributed by atoms with van der Waals surface area (Å²) in [5.74, 6) is -0.183. The minimum atomic E-state index is -3.74. The first-order valence-electron chi connectivity index (χ1n) is 12.6. The van der Waals surface area contributed by atoms with Crippen molar-refractivity contribution in [3.63, 3.8) is 0 Å². The number of anilines is 1. The van der Waals surface area contributed by atoms with E-state index in [0.29, 0.717) is 41.1 Å². The fourth-order valence-corrected chi connectivity index (χ4v) is 6.96. The highest BCUT2D eigenvalue weighted by Crippen LogP contribution is 2.45. The molecular weight excluding hydrogens is 520 g/mol. The molecule has 0 saturated carbocycles. The highest BCUT2D eigenvalue weighted by Gasteiger charge is 2.46. The number of H-pyrrole nitrogens is 1. The van der Waals surface area contributed by atoms with E-state index in [4.69, 9.17) is 10.7 Å². The van der Waals surface area contributed by atoms with Crippen LogP contribution in [0.15, 0.2) is 42.3 Å². The number of nitrogens with two attached hydrogens (primary N) is 1. The van der Waals surface area contributed by atoms with Crippen molar-refractivity contribution < 1.29 is 13.2 Å². The van der Waals surface area contributed by atoms with Gasteiger partial charge in [-0.05, 0) is 31.7 Å². The van der Waals surface area contributed by atoms with Gasteiger partial charge in [-0.25, -0.2) is 18.4 Å². The van der Waals surface area contributed by atoms with Crippen LogP contribution in [0, 0.1) is 0 Å². The summed E-state index contributed by atoms with van der Waals surface area (Å²) < 4.78 is 27.4. The first kappa shape index (κ1) is 25.0. The number of hydrogen-bond acceptors (Lipinski definition) is 10. The molecule has 0 radical (unpaired) electrons. The van der Waals surface area contributed by atoms with E-state index < -0.39 is 9.84 Å². The summed E-state index contributed by atoms with van der Waals surface area (Å²) in [4.78, 5) is 28.4. The number of piperidine rings is 1. The van der Waals surface area contributed by atoms with E-state index in [2.05, 4.69) is 37.2 Å². The van der Waals surface area contributed by atoms with Gasteiger partial charge in [-0.2, -0.15) is 14.7 Å². The summed E-state index contributed by atoms with van der Waals surface area (Å²) in [5.41, 5.74) is 10.2. The van der Waals surface area contributed by atoms with Crippen LogP contribution >= 0.6 is 0 Å². The molecule has 2 fully saturated rings. The lowest BCUT2D eigenvalue weighted by Crippen LogP contribution is -2.46. The van der Waals surface area contributed by atoms with Gasteiger partial charge >= 0.3 is 0 Å². The zero-order chi connectivity index (χ0) is 27.5. The largest absolute Gasteiger partial charge is 0.387 e. The van der Waals surface area contributed by atoms with Crippen LogP contribution in [-0.2, 0) is 9.84 Å². The SMILES string of the molecule is C=C(NC)c1ccc(-c2cnn3c(N)c(S(C)(=O)=O)c(C4C[C@H]5CC[C@@H](C4)N5C(=O)c4ncn[nH]4)nc23)cn1. The quantitative estimate of drug-likeness (QED) is 0.321. The van der Waals surface area contributed by atoms with Gasteiger partial charge in [0.1, 0.15) is 17.0 Å². The van der Waals surface area contributed by atoms with E-state index in [9.17, 15) is 13.2 Å². The van der Waals surface area contributed by atoms with Crippen molar-refractivity contribution in [3.05, 3.63) is 54.6 Å². The van der Waals surface area contributed by atoms with Gasteiger partial charge in [0.25, 0.3) is 5.91 Å². The molecular formula is C25H28N10O3S. The van der Waals surface area contributed by atoms with Crippen LogP contribution < -0.4 is 11.1 Å². The molecule has 2 saturated heterocycles. The Morgan fingerprint density at radius 2 is 1.92 bits per heavy atom. The van der Waals surface area contributed by atoms with Gasteiger partial charge < -0.3 is 16.0 Å². The molecule has 14 heteroatoms. The summed E-state index contributed by atoms with van der Waals surface area (Å²) >= 11 is 0. The van der Waals surface area contributed by atoms with Crippen LogP contribution in [-0.4, -0.2) is 79.4 Å². The lowest BCUT2D eigenvalue weighted by Gasteiger charge is -2.38. The topological polar surface area (TPSA) is 177 Å². The van der Waals surface area contributed by atoms with Gasteiger partial charge in [-0.15, -0.1) is 0 Å². The summed E-state index contributed by atoms with van der Waals surface area (Å²) in [6.07, 6.45) is 8.52. The molecule has 202 valence electrons. The van der Waals surface area contributed by atoms with Gasteiger partial charge in [0, 0.05) is 48.6 Å². The zero-order valence-electron chi connectivity index (χ0n) is 21.5. The zero-order valence-corrected chi connectivity index (χ0v) is 22.3. The third kappa shape index (κ3) is 4.11. The number of aromatic amines is 1. The highest BCUT2D eigenvalue weighted by atomic mass is 32.2. The molecule has 4 aromatic rings. The monoisotopic (exact) mass is 548 g/mol. The number of nitrogens with zero attached hydrogens (tertiary/aromatic N) is 7. The number of rotatable bonds is 6. The molecule has 1 unspecified atom stereocenters. The molecule has 4 aromatic heterocycles. The molecule has 2 aliphatic rings. The van der Waals surface area contributed by atoms with Gasteiger partial charge in [-0.1, -0.05) is 12.6 Å². The summed E-state index contributed by atoms with van der Waals surface area (Å²) in [6.45, 7) is 3.93. The smallest absolute Gasteiger partial charge is 0.291 e. The Labute approximate surface area is 224 Å². The summed E-state index contributed by atoms with van der Waals surface area (Å²) in [7, 11) is -1.96. The number of nitrogen functional groups attached to an aromatic ring is 1. The maximum Gasteiger partial charge on any atom is 0.291 e. The van der Waals surface area contributed by atoms with Crippen LogP contribution in [0.5, 0.6) is 0 Å². The third-order valence-electron chi connectivity index (χ3n) is 7.69. The van der Waals surface area contributed by atoms with E-state index in [1.54, 1.807) is 19.4 Å². The van der Waals surface area contributed by atoms with Gasteiger partial charge in [0.15, 0.2) is 15.5 Å². The fourth-order valence-electron chi connectivity index (χ4n) is 5.90. The van der Waals surface area contributed by atoms with E-state index in [0.717, 1.165) is 24.7 Å². The van der Waals surface area contributed by atoms with E-state index in [1.807, 2.05) is 17.0 Å². The maximum absolute atomic E-state index is 13.1. The first-order valence-corrected chi connectivity index (χ1v) is 14.4. The number of fused-ring (bicyclic) bond motifs is 3. The molecule has 3 atom stereocenters. The summed E-state index contributed by atoms with van der Waals surface area (Å²) in [6, 6.07) is 3.59. The first-order chi connectivity index (χ1) is 18.7. The Balaban J connectivity index is 1.42. The molecule has 6 rings (SSSR count). The molecule has 0 spiro atoms. The standard InChI is InChI=1S/C25H28N10O3S/c1-13(27-2)19-7-4-14(10-28-19)18-11-31-35-22(26)21(39(3,37)38)20(32-24(18)35)15-8-16-5-6-17(9-15)34(16)25(36)23-29-12-30-33-23/h4,7,10-12,15-17,27H,1,5-6,8-9,26H2,2-3H3,(H,29,30,33)/t15?,16-,17+. The average molecular weight is 549 g/mol. The number of sulfone groups is 1. The Morgan fingerprint density at radius 3 is 2.51 bits per heavy atom. The molecule has 39 heavy (non-hydrogen) atoms. The minimum Gasteiger partial charge on any atom is -0.387 e. The minimum absolute atomic E-state index is 0.0112. The average Bonchev–Trinajstić information content (AvgIpc) is 3.65. The number of nitrogens with one attached hydrogen (secondary N) is 2. The molecule has 2 bridgehead atoms. The number of carbonyl (C=O) groups is 1. The van der Waals surface area contributed by atoms with Gasteiger partial charge in [0.05, 0.1) is 23.3 Å². The number of amides is 1. The predicted octanol–water partition coefficient (Wildman–Crippen LogP) is 1.64. The second-order valence-corrected chi connectivity index (χ2v) is 12.0. The number of carbonyl (C=O) groups excluding carboxylic acids is 1. The van der Waals surface area contributed by atoms with Crippen LogP contribution in [0.25, 0.3) is 22.5 Å². The van der Waals surface area contributed by atoms with Crippen LogP contribution in [0.4, 0.5) is 5.82 Å². The van der Waals surface area contributed by atoms with E-state index in [-0.39, 0.29) is 40.4 Å². The van der Waals surface area contributed by atoms with E-state index in [1.165, 1.54) is 10.8 Å². The Kier molecular flexibility index (Phi) is 5.86. The number of pyridine rings is 1. The molecule has 4 N–H and O–H groups in total. The highest BCUT2D eigenvalue weighted by molar-refractivity contribution is 7.91. The van der Waals surface area contributed by atoms with Crippen molar-refractivity contribution in [1.29, 1.82) is 0 Å². The molecule has 1 amide bonds. The van der Waals surface area contributed by atoms with Gasteiger partial charge in [0.2, 0.25) is 5.82 Å². The lowest BCUT2D eigenvalue weighted by atomic mass is 9.87. The van der Waals surface area contributed by atoms with Crippen molar-refractivity contribution in [1.82, 2.24) is 45.0 Å².